The van der Waals surface area contributed by atoms with Crippen molar-refractivity contribution in [1.29, 1.82) is 0 Å². The molecule has 1 aromatic rings. The second kappa shape index (κ2) is 4.38. The number of hydrogen-bond donors (Lipinski definition) is 1. The van der Waals surface area contributed by atoms with Crippen LogP contribution in [0.1, 0.15) is 37.4 Å². The molecule has 0 radical (unpaired) electrons. The van der Waals surface area contributed by atoms with Crippen molar-refractivity contribution in [2.75, 3.05) is 7.05 Å². The van der Waals surface area contributed by atoms with E-state index in [9.17, 15) is 0 Å². The van der Waals surface area contributed by atoms with Gasteiger partial charge in [-0.05, 0) is 32.7 Å². The Morgan fingerprint density at radius 1 is 1.35 bits per heavy atom. The number of nitrogens with zero attached hydrogens (tertiary/aromatic N) is 3. The molecule has 0 aromatic carbocycles. The van der Waals surface area contributed by atoms with Crippen LogP contribution >= 0.6 is 0 Å². The lowest BCUT2D eigenvalue weighted by Gasteiger charge is -2.36. The Kier molecular flexibility index (Phi) is 2.88. The van der Waals surface area contributed by atoms with E-state index in [4.69, 9.17) is 4.52 Å². The summed E-state index contributed by atoms with van der Waals surface area (Å²) >= 11 is 0. The smallest absolute Gasteiger partial charge is 0.223 e. The average molecular weight is 236 g/mol. The number of hydrogen-bond acceptors (Lipinski definition) is 5. The quantitative estimate of drug-likeness (QED) is 0.851. The van der Waals surface area contributed by atoms with Crippen LogP contribution in [0, 0.1) is 6.92 Å². The van der Waals surface area contributed by atoms with Crippen molar-refractivity contribution in [2.45, 2.75) is 57.3 Å². The molecule has 0 saturated carbocycles. The summed E-state index contributed by atoms with van der Waals surface area (Å²) in [6, 6.07) is 2.17. The van der Waals surface area contributed by atoms with Gasteiger partial charge in [0.15, 0.2) is 5.82 Å². The van der Waals surface area contributed by atoms with Crippen molar-refractivity contribution in [3.05, 3.63) is 11.7 Å². The molecule has 2 atom stereocenters. The molecule has 0 aliphatic carbocycles. The molecule has 2 aliphatic heterocycles. The molecule has 3 heterocycles. The zero-order valence-electron chi connectivity index (χ0n) is 10.5. The highest BCUT2D eigenvalue weighted by Crippen LogP contribution is 2.34. The summed E-state index contributed by atoms with van der Waals surface area (Å²) in [5.74, 6) is 1.42. The molecule has 5 nitrogen and oxygen atoms in total. The van der Waals surface area contributed by atoms with E-state index >= 15 is 0 Å². The topological polar surface area (TPSA) is 54.2 Å². The molecule has 2 bridgehead atoms. The van der Waals surface area contributed by atoms with Crippen LogP contribution in [-0.2, 0) is 6.54 Å². The monoisotopic (exact) mass is 236 g/mol. The van der Waals surface area contributed by atoms with Crippen molar-refractivity contribution in [3.8, 4) is 0 Å². The molecular formula is C12H20N4O. The van der Waals surface area contributed by atoms with Gasteiger partial charge in [-0.2, -0.15) is 4.98 Å². The Labute approximate surface area is 102 Å². The third-order valence-electron chi connectivity index (χ3n) is 4.22. The SMILES string of the molecule is Cc1nc(CNC2CC3CCC(C2)N3C)no1. The van der Waals surface area contributed by atoms with Crippen molar-refractivity contribution >= 4 is 0 Å². The van der Waals surface area contributed by atoms with E-state index in [0.717, 1.165) is 24.5 Å². The lowest BCUT2D eigenvalue weighted by atomic mass is 9.98. The van der Waals surface area contributed by atoms with Gasteiger partial charge in [0.1, 0.15) is 0 Å². The summed E-state index contributed by atoms with van der Waals surface area (Å²) in [5, 5.41) is 7.47. The zero-order valence-corrected chi connectivity index (χ0v) is 10.5. The minimum atomic E-state index is 0.613. The minimum Gasteiger partial charge on any atom is -0.340 e. The molecule has 17 heavy (non-hydrogen) atoms. The van der Waals surface area contributed by atoms with E-state index in [2.05, 4.69) is 27.4 Å². The van der Waals surface area contributed by atoms with Crippen LogP contribution in [0.2, 0.25) is 0 Å². The van der Waals surface area contributed by atoms with Gasteiger partial charge in [-0.25, -0.2) is 0 Å². The fourth-order valence-electron chi connectivity index (χ4n) is 3.23. The number of nitrogens with one attached hydrogen (secondary N) is 1. The predicted molar refractivity (Wildman–Crippen MR) is 63.5 cm³/mol. The van der Waals surface area contributed by atoms with Crippen LogP contribution in [0.25, 0.3) is 0 Å². The molecule has 5 heteroatoms. The highest BCUT2D eigenvalue weighted by molar-refractivity contribution is 4.96. The summed E-state index contributed by atoms with van der Waals surface area (Å²) in [6.07, 6.45) is 5.23. The molecule has 0 amide bonds. The van der Waals surface area contributed by atoms with Gasteiger partial charge in [-0.1, -0.05) is 5.16 Å². The fourth-order valence-corrected chi connectivity index (χ4v) is 3.23. The Morgan fingerprint density at radius 2 is 2.06 bits per heavy atom. The summed E-state index contributed by atoms with van der Waals surface area (Å²) in [6.45, 7) is 2.55. The Morgan fingerprint density at radius 3 is 2.65 bits per heavy atom. The summed E-state index contributed by atoms with van der Waals surface area (Å²) in [5.41, 5.74) is 0. The van der Waals surface area contributed by atoms with E-state index in [1.807, 2.05) is 6.92 Å². The van der Waals surface area contributed by atoms with Gasteiger partial charge < -0.3 is 14.7 Å². The van der Waals surface area contributed by atoms with Gasteiger partial charge in [0.2, 0.25) is 5.89 Å². The van der Waals surface area contributed by atoms with Gasteiger partial charge in [0, 0.05) is 25.0 Å². The van der Waals surface area contributed by atoms with Gasteiger partial charge in [-0.15, -0.1) is 0 Å². The molecule has 1 aromatic heterocycles. The molecular weight excluding hydrogens is 216 g/mol. The highest BCUT2D eigenvalue weighted by Gasteiger charge is 2.38. The average Bonchev–Trinajstić information content (AvgIpc) is 2.78. The number of piperidine rings is 1. The third kappa shape index (κ3) is 2.21. The molecule has 2 fully saturated rings. The normalized spacial score (nSPS) is 33.2. The number of rotatable bonds is 3. The first-order valence-electron chi connectivity index (χ1n) is 6.47. The van der Waals surface area contributed by atoms with Crippen LogP contribution in [-0.4, -0.2) is 40.2 Å². The van der Waals surface area contributed by atoms with Crippen LogP contribution < -0.4 is 5.32 Å². The largest absolute Gasteiger partial charge is 0.340 e. The van der Waals surface area contributed by atoms with Crippen molar-refractivity contribution < 1.29 is 4.52 Å². The third-order valence-corrected chi connectivity index (χ3v) is 4.22. The molecule has 3 rings (SSSR count). The van der Waals surface area contributed by atoms with E-state index in [0.29, 0.717) is 11.9 Å². The maximum Gasteiger partial charge on any atom is 0.223 e. The summed E-state index contributed by atoms with van der Waals surface area (Å²) < 4.78 is 4.97. The van der Waals surface area contributed by atoms with Crippen molar-refractivity contribution in [2.24, 2.45) is 0 Å². The molecule has 2 saturated heterocycles. The lowest BCUT2D eigenvalue weighted by molar-refractivity contribution is 0.147. The van der Waals surface area contributed by atoms with Crippen molar-refractivity contribution in [3.63, 3.8) is 0 Å². The zero-order chi connectivity index (χ0) is 11.8. The van der Waals surface area contributed by atoms with E-state index in [1.165, 1.54) is 25.7 Å². The number of aryl methyl sites for hydroxylation is 1. The summed E-state index contributed by atoms with van der Waals surface area (Å²) in [4.78, 5) is 6.77. The van der Waals surface area contributed by atoms with E-state index in [1.54, 1.807) is 0 Å². The molecule has 94 valence electrons. The van der Waals surface area contributed by atoms with Crippen LogP contribution in [0.4, 0.5) is 0 Å². The minimum absolute atomic E-state index is 0.613. The Hall–Kier alpha value is -0.940. The maximum atomic E-state index is 4.97. The van der Waals surface area contributed by atoms with Gasteiger partial charge in [0.25, 0.3) is 0 Å². The first-order chi connectivity index (χ1) is 8.22. The Balaban J connectivity index is 1.54. The first kappa shape index (κ1) is 11.2. The number of fused-ring (bicyclic) bond motifs is 2. The standard InChI is InChI=1S/C12H20N4O/c1-8-14-12(15-17-8)7-13-9-5-10-3-4-11(6-9)16(10)2/h9-11,13H,3-7H2,1-2H3. The summed E-state index contributed by atoms with van der Waals surface area (Å²) in [7, 11) is 2.26. The lowest BCUT2D eigenvalue weighted by Crippen LogP contribution is -2.47. The second-order valence-corrected chi connectivity index (χ2v) is 5.33. The maximum absolute atomic E-state index is 4.97. The van der Waals surface area contributed by atoms with Crippen LogP contribution in [0.3, 0.4) is 0 Å². The predicted octanol–water partition coefficient (Wildman–Crippen LogP) is 1.09. The van der Waals surface area contributed by atoms with Crippen LogP contribution in [0.5, 0.6) is 0 Å². The first-order valence-corrected chi connectivity index (χ1v) is 6.47. The van der Waals surface area contributed by atoms with Gasteiger partial charge in [-0.3, -0.25) is 0 Å². The van der Waals surface area contributed by atoms with E-state index < -0.39 is 0 Å². The fraction of sp³-hybridized carbons (Fsp3) is 0.833. The molecule has 0 spiro atoms. The van der Waals surface area contributed by atoms with Gasteiger partial charge >= 0.3 is 0 Å². The van der Waals surface area contributed by atoms with Crippen LogP contribution in [0.15, 0.2) is 4.52 Å². The van der Waals surface area contributed by atoms with E-state index in [-0.39, 0.29) is 0 Å². The van der Waals surface area contributed by atoms with Gasteiger partial charge in [0.05, 0.1) is 6.54 Å². The molecule has 1 N–H and O–H groups in total. The highest BCUT2D eigenvalue weighted by atomic mass is 16.5. The molecule has 2 aliphatic rings. The van der Waals surface area contributed by atoms with Crippen molar-refractivity contribution in [1.82, 2.24) is 20.4 Å². The second-order valence-electron chi connectivity index (χ2n) is 5.33. The number of aromatic nitrogens is 2. The molecule has 2 unspecified atom stereocenters. The Bertz CT molecular complexity index is 378.